The summed E-state index contributed by atoms with van der Waals surface area (Å²) in [7, 11) is 0. The Morgan fingerprint density at radius 1 is 1.17 bits per heavy atom. The van der Waals surface area contributed by atoms with Crippen molar-refractivity contribution in [2.24, 2.45) is 4.99 Å². The Morgan fingerprint density at radius 2 is 1.93 bits per heavy atom. The van der Waals surface area contributed by atoms with Crippen LogP contribution < -0.4 is 5.32 Å². The van der Waals surface area contributed by atoms with Gasteiger partial charge >= 0.3 is 5.97 Å². The Labute approximate surface area is 172 Å². The molecular weight excluding hydrogens is 392 g/mol. The van der Waals surface area contributed by atoms with Crippen LogP contribution in [0.5, 0.6) is 11.5 Å². The van der Waals surface area contributed by atoms with Gasteiger partial charge in [-0.15, -0.1) is 0 Å². The zero-order chi connectivity index (χ0) is 20.8. The quantitative estimate of drug-likeness (QED) is 0.287. The van der Waals surface area contributed by atoms with Crippen molar-refractivity contribution < 1.29 is 24.5 Å². The molecule has 0 atom stereocenters. The number of amidine groups is 1. The van der Waals surface area contributed by atoms with Gasteiger partial charge in [0, 0.05) is 0 Å². The first-order valence-electron chi connectivity index (χ1n) is 9.05. The topological polar surface area (TPSA) is 108 Å². The minimum Gasteiger partial charge on any atom is -0.504 e. The fraction of sp³-hybridized carbons (Fsp3) is 0.190. The van der Waals surface area contributed by atoms with Crippen molar-refractivity contribution in [3.63, 3.8) is 0 Å². The number of aromatic hydroxyl groups is 2. The molecule has 0 spiro atoms. The van der Waals surface area contributed by atoms with Gasteiger partial charge in [0.15, 0.2) is 16.7 Å². The maximum absolute atomic E-state index is 12.1. The summed E-state index contributed by atoms with van der Waals surface area (Å²) < 4.78 is 5.17. The van der Waals surface area contributed by atoms with E-state index in [0.717, 1.165) is 24.6 Å². The van der Waals surface area contributed by atoms with Gasteiger partial charge in [0.1, 0.15) is 0 Å². The molecule has 0 aromatic heterocycles. The Hall–Kier alpha value is -3.26. The van der Waals surface area contributed by atoms with Crippen LogP contribution in [-0.2, 0) is 9.53 Å². The van der Waals surface area contributed by atoms with Crippen LogP contribution in [0.3, 0.4) is 0 Å². The number of carbonyl (C=O) groups excluding carboxylic acids is 2. The molecule has 3 rings (SSSR count). The lowest BCUT2D eigenvalue weighted by Gasteiger charge is -2.04. The average Bonchev–Trinajstić information content (AvgIpc) is 3.04. The van der Waals surface area contributed by atoms with Crippen molar-refractivity contribution >= 4 is 40.6 Å². The molecule has 8 heteroatoms. The van der Waals surface area contributed by atoms with E-state index in [1.54, 1.807) is 36.4 Å². The predicted octanol–water partition coefficient (Wildman–Crippen LogP) is 3.95. The molecule has 1 heterocycles. The summed E-state index contributed by atoms with van der Waals surface area (Å²) in [4.78, 5) is 28.8. The molecule has 1 aliphatic rings. The van der Waals surface area contributed by atoms with Gasteiger partial charge in [0.2, 0.25) is 0 Å². The zero-order valence-corrected chi connectivity index (χ0v) is 16.5. The second-order valence-electron chi connectivity index (χ2n) is 6.27. The number of hydrogen-bond acceptors (Lipinski definition) is 7. The lowest BCUT2D eigenvalue weighted by molar-refractivity contribution is -0.115. The van der Waals surface area contributed by atoms with Gasteiger partial charge in [-0.2, -0.15) is 0 Å². The molecule has 0 bridgehead atoms. The highest BCUT2D eigenvalue weighted by atomic mass is 32.2. The molecule has 0 aliphatic carbocycles. The van der Waals surface area contributed by atoms with Crippen LogP contribution in [0.2, 0.25) is 0 Å². The summed E-state index contributed by atoms with van der Waals surface area (Å²) in [6.45, 7) is 2.42. The van der Waals surface area contributed by atoms with Crippen LogP contribution in [0, 0.1) is 0 Å². The summed E-state index contributed by atoms with van der Waals surface area (Å²) >= 11 is 1.16. The molecule has 1 amide bonds. The van der Waals surface area contributed by atoms with Crippen molar-refractivity contribution in [1.82, 2.24) is 5.32 Å². The van der Waals surface area contributed by atoms with Crippen LogP contribution in [-0.4, -0.2) is 33.9 Å². The predicted molar refractivity (Wildman–Crippen MR) is 112 cm³/mol. The number of rotatable bonds is 6. The smallest absolute Gasteiger partial charge is 0.338 e. The lowest BCUT2D eigenvalue weighted by Crippen LogP contribution is -2.19. The first-order valence-corrected chi connectivity index (χ1v) is 9.86. The maximum Gasteiger partial charge on any atom is 0.338 e. The van der Waals surface area contributed by atoms with E-state index in [0.29, 0.717) is 33.5 Å². The molecule has 1 saturated heterocycles. The summed E-state index contributed by atoms with van der Waals surface area (Å²) in [5.41, 5.74) is 1.60. The van der Waals surface area contributed by atoms with Gasteiger partial charge in [-0.1, -0.05) is 19.4 Å². The molecule has 0 radical (unpaired) electrons. The van der Waals surface area contributed by atoms with Crippen LogP contribution in [0.25, 0.3) is 6.08 Å². The molecule has 1 aliphatic heterocycles. The summed E-state index contributed by atoms with van der Waals surface area (Å²) in [5, 5.41) is 22.0. The third-order valence-corrected chi connectivity index (χ3v) is 4.92. The van der Waals surface area contributed by atoms with Crippen LogP contribution in [0.15, 0.2) is 52.4 Å². The summed E-state index contributed by atoms with van der Waals surface area (Å²) in [5.74, 6) is -1.17. The van der Waals surface area contributed by atoms with E-state index in [2.05, 4.69) is 10.3 Å². The van der Waals surface area contributed by atoms with Gasteiger partial charge in [-0.05, 0) is 66.2 Å². The standard InChI is InChI=1S/C21H20N2O5S/c1-2-3-10-28-20(27)14-5-7-15(8-6-14)22-21-23-19(26)18(29-21)12-13-4-9-16(24)17(25)11-13/h4-9,11-12,24-25H,2-3,10H2,1H3,(H,22,23,26)/b18-12-. The molecule has 3 N–H and O–H groups in total. The number of aliphatic imine (C=N–C) groups is 1. The Bertz CT molecular complexity index is 983. The molecule has 0 saturated carbocycles. The molecule has 2 aromatic carbocycles. The number of thioether (sulfide) groups is 1. The molecular formula is C21H20N2O5S. The van der Waals surface area contributed by atoms with Gasteiger partial charge in [0.05, 0.1) is 22.8 Å². The van der Waals surface area contributed by atoms with Crippen LogP contribution in [0.4, 0.5) is 5.69 Å². The number of phenols is 2. The highest BCUT2D eigenvalue weighted by molar-refractivity contribution is 8.18. The van der Waals surface area contributed by atoms with Crippen LogP contribution in [0.1, 0.15) is 35.7 Å². The van der Waals surface area contributed by atoms with E-state index in [1.165, 1.54) is 12.1 Å². The van der Waals surface area contributed by atoms with Gasteiger partial charge in [-0.3, -0.25) is 4.79 Å². The monoisotopic (exact) mass is 412 g/mol. The van der Waals surface area contributed by atoms with Crippen LogP contribution >= 0.6 is 11.8 Å². The molecule has 1 fully saturated rings. The summed E-state index contributed by atoms with van der Waals surface area (Å²) in [6, 6.07) is 10.9. The van der Waals surface area contributed by atoms with Gasteiger partial charge in [-0.25, -0.2) is 9.79 Å². The third kappa shape index (κ3) is 5.39. The number of benzene rings is 2. The maximum atomic E-state index is 12.1. The SMILES string of the molecule is CCCCOC(=O)c1ccc(N=C2NC(=O)/C(=C/c3ccc(O)c(O)c3)S2)cc1. The Kier molecular flexibility index (Phi) is 6.56. The number of esters is 1. The van der Waals surface area contributed by atoms with E-state index in [-0.39, 0.29) is 23.4 Å². The molecule has 0 unspecified atom stereocenters. The first kappa shape index (κ1) is 20.5. The van der Waals surface area contributed by atoms with E-state index in [9.17, 15) is 19.8 Å². The van der Waals surface area contributed by atoms with E-state index < -0.39 is 0 Å². The number of nitrogens with one attached hydrogen (secondary N) is 1. The molecule has 7 nitrogen and oxygen atoms in total. The van der Waals surface area contributed by atoms with Gasteiger partial charge < -0.3 is 20.3 Å². The number of unbranched alkanes of at least 4 members (excludes halogenated alkanes) is 1. The fourth-order valence-corrected chi connectivity index (χ4v) is 3.29. The van der Waals surface area contributed by atoms with Crippen molar-refractivity contribution in [3.8, 4) is 11.5 Å². The molecule has 2 aromatic rings. The zero-order valence-electron chi connectivity index (χ0n) is 15.7. The highest BCUT2D eigenvalue weighted by Gasteiger charge is 2.24. The summed E-state index contributed by atoms with van der Waals surface area (Å²) in [6.07, 6.45) is 3.38. The Balaban J connectivity index is 1.68. The first-order chi connectivity index (χ1) is 14.0. The number of hydrogen-bond donors (Lipinski definition) is 3. The number of nitrogens with zero attached hydrogens (tertiary/aromatic N) is 1. The van der Waals surface area contributed by atoms with E-state index in [1.807, 2.05) is 6.92 Å². The number of carbonyl (C=O) groups is 2. The highest BCUT2D eigenvalue weighted by Crippen LogP contribution is 2.31. The van der Waals surface area contributed by atoms with Gasteiger partial charge in [0.25, 0.3) is 5.91 Å². The van der Waals surface area contributed by atoms with Crippen molar-refractivity contribution in [2.45, 2.75) is 19.8 Å². The Morgan fingerprint density at radius 3 is 2.62 bits per heavy atom. The minimum absolute atomic E-state index is 0.226. The average molecular weight is 412 g/mol. The second-order valence-corrected chi connectivity index (χ2v) is 7.30. The van der Waals surface area contributed by atoms with Crippen molar-refractivity contribution in [2.75, 3.05) is 6.61 Å². The largest absolute Gasteiger partial charge is 0.504 e. The lowest BCUT2D eigenvalue weighted by atomic mass is 10.2. The van der Waals surface area contributed by atoms with Crippen molar-refractivity contribution in [3.05, 3.63) is 58.5 Å². The molecule has 150 valence electrons. The number of amides is 1. The van der Waals surface area contributed by atoms with Crippen molar-refractivity contribution in [1.29, 1.82) is 0 Å². The number of ether oxygens (including phenoxy) is 1. The second kappa shape index (κ2) is 9.29. The van der Waals surface area contributed by atoms with E-state index >= 15 is 0 Å². The molecule has 29 heavy (non-hydrogen) atoms. The minimum atomic E-state index is -0.372. The normalized spacial score (nSPS) is 16.2. The number of phenolic OH excluding ortho intramolecular Hbond substituents is 2. The fourth-order valence-electron chi connectivity index (χ4n) is 2.44. The van der Waals surface area contributed by atoms with E-state index in [4.69, 9.17) is 4.74 Å². The third-order valence-electron chi connectivity index (χ3n) is 4.01.